The first-order valence-electron chi connectivity index (χ1n) is 7.52. The molecule has 122 valence electrons. The third kappa shape index (κ3) is 2.99. The van der Waals surface area contributed by atoms with Gasteiger partial charge in [-0.2, -0.15) is 0 Å². The average molecular weight is 367 g/mol. The molecule has 0 N–H and O–H groups in total. The molecular weight excluding hydrogens is 356 g/mol. The zero-order valence-corrected chi connectivity index (χ0v) is 14.4. The minimum absolute atomic E-state index is 0.0980. The van der Waals surface area contributed by atoms with Gasteiger partial charge in [0.15, 0.2) is 0 Å². The number of thiazole rings is 1. The van der Waals surface area contributed by atoms with Crippen LogP contribution in [0.25, 0.3) is 33.1 Å². The molecule has 0 amide bonds. The lowest BCUT2D eigenvalue weighted by molar-refractivity contribution is -0.384. The summed E-state index contributed by atoms with van der Waals surface area (Å²) in [5, 5.41) is 14.2. The van der Waals surface area contributed by atoms with Gasteiger partial charge in [0.25, 0.3) is 5.69 Å². The second kappa shape index (κ2) is 6.27. The number of rotatable bonds is 3. The monoisotopic (exact) mass is 366 g/mol. The Hall–Kier alpha value is -2.76. The van der Waals surface area contributed by atoms with Crippen LogP contribution in [-0.4, -0.2) is 9.91 Å². The van der Waals surface area contributed by atoms with E-state index < -0.39 is 4.92 Å². The van der Waals surface area contributed by atoms with Crippen molar-refractivity contribution in [2.24, 2.45) is 0 Å². The minimum atomic E-state index is -0.483. The molecule has 0 unspecified atom stereocenters. The van der Waals surface area contributed by atoms with Gasteiger partial charge in [0, 0.05) is 11.5 Å². The van der Waals surface area contributed by atoms with E-state index in [0.29, 0.717) is 5.56 Å². The second-order valence-electron chi connectivity index (χ2n) is 5.49. The first-order valence-corrected chi connectivity index (χ1v) is 8.71. The van der Waals surface area contributed by atoms with Crippen LogP contribution in [0, 0.1) is 10.1 Å². The van der Waals surface area contributed by atoms with Crippen molar-refractivity contribution < 1.29 is 4.92 Å². The molecule has 6 heteroatoms. The summed E-state index contributed by atoms with van der Waals surface area (Å²) < 4.78 is 1.11. The standard InChI is InChI=1S/C19H11ClN2O2S/c20-15-8-5-12(11-16(15)22(23)24)6-10-18-21-19-14-4-2-1-3-13(14)7-9-17(19)25-18/h1-11H. The summed E-state index contributed by atoms with van der Waals surface area (Å²) in [6.07, 6.45) is 3.68. The van der Waals surface area contributed by atoms with Crippen molar-refractivity contribution in [2.75, 3.05) is 0 Å². The first-order chi connectivity index (χ1) is 12.1. The molecule has 0 aliphatic rings. The van der Waals surface area contributed by atoms with Crippen LogP contribution in [0.15, 0.2) is 54.6 Å². The molecule has 0 saturated heterocycles. The van der Waals surface area contributed by atoms with E-state index in [1.54, 1.807) is 17.4 Å². The second-order valence-corrected chi connectivity index (χ2v) is 6.96. The lowest BCUT2D eigenvalue weighted by Crippen LogP contribution is -1.89. The Balaban J connectivity index is 1.73. The van der Waals surface area contributed by atoms with Gasteiger partial charge in [0.2, 0.25) is 0 Å². The Kier molecular flexibility index (Phi) is 3.95. The highest BCUT2D eigenvalue weighted by Gasteiger charge is 2.12. The molecule has 4 rings (SSSR count). The Labute approximate surface area is 152 Å². The number of fused-ring (bicyclic) bond motifs is 3. The molecule has 3 aromatic carbocycles. The van der Waals surface area contributed by atoms with Crippen LogP contribution in [0.2, 0.25) is 5.02 Å². The van der Waals surface area contributed by atoms with Gasteiger partial charge in [-0.25, -0.2) is 4.98 Å². The quantitative estimate of drug-likeness (QED) is 0.321. The molecule has 0 aliphatic carbocycles. The Bertz CT molecular complexity index is 1150. The third-order valence-electron chi connectivity index (χ3n) is 3.89. The predicted octanol–water partition coefficient (Wildman–Crippen LogP) is 6.18. The van der Waals surface area contributed by atoms with Crippen molar-refractivity contribution >= 4 is 61.8 Å². The average Bonchev–Trinajstić information content (AvgIpc) is 3.04. The fourth-order valence-corrected chi connectivity index (χ4v) is 3.76. The molecule has 0 saturated carbocycles. The Morgan fingerprint density at radius 1 is 1.08 bits per heavy atom. The van der Waals surface area contributed by atoms with Crippen molar-refractivity contribution in [1.29, 1.82) is 0 Å². The van der Waals surface area contributed by atoms with Gasteiger partial charge < -0.3 is 0 Å². The van der Waals surface area contributed by atoms with E-state index in [0.717, 1.165) is 26.0 Å². The number of hydrogen-bond acceptors (Lipinski definition) is 4. The van der Waals surface area contributed by atoms with Crippen molar-refractivity contribution in [3.63, 3.8) is 0 Å². The number of nitro groups is 1. The molecule has 4 nitrogen and oxygen atoms in total. The molecule has 0 spiro atoms. The smallest absolute Gasteiger partial charge is 0.258 e. The number of nitrogens with zero attached hydrogens (tertiary/aromatic N) is 2. The van der Waals surface area contributed by atoms with Gasteiger partial charge in [-0.1, -0.05) is 54.1 Å². The van der Waals surface area contributed by atoms with Crippen molar-refractivity contribution in [3.8, 4) is 0 Å². The van der Waals surface area contributed by atoms with Crippen LogP contribution in [-0.2, 0) is 0 Å². The van der Waals surface area contributed by atoms with Crippen LogP contribution in [0.5, 0.6) is 0 Å². The van der Waals surface area contributed by atoms with E-state index in [1.165, 1.54) is 12.1 Å². The highest BCUT2D eigenvalue weighted by Crippen LogP contribution is 2.30. The SMILES string of the molecule is O=[N+]([O-])c1cc(C=Cc2nc3c(ccc4ccccc43)s2)ccc1Cl. The molecule has 0 bridgehead atoms. The Morgan fingerprint density at radius 2 is 1.92 bits per heavy atom. The number of hydrogen-bond donors (Lipinski definition) is 0. The summed E-state index contributed by atoms with van der Waals surface area (Å²) in [6.45, 7) is 0. The molecule has 0 aliphatic heterocycles. The van der Waals surface area contributed by atoms with E-state index in [2.05, 4.69) is 24.3 Å². The van der Waals surface area contributed by atoms with E-state index in [1.807, 2.05) is 24.3 Å². The predicted molar refractivity (Wildman–Crippen MR) is 104 cm³/mol. The van der Waals surface area contributed by atoms with Crippen LogP contribution in [0.4, 0.5) is 5.69 Å². The van der Waals surface area contributed by atoms with Gasteiger partial charge in [-0.3, -0.25) is 10.1 Å². The molecular formula is C19H11ClN2O2S. The summed E-state index contributed by atoms with van der Waals surface area (Å²) >= 11 is 7.43. The molecule has 0 fully saturated rings. The molecule has 1 heterocycles. The first kappa shape index (κ1) is 15.7. The van der Waals surface area contributed by atoms with E-state index >= 15 is 0 Å². The largest absolute Gasteiger partial charge is 0.288 e. The number of halogens is 1. The molecule has 1 aromatic heterocycles. The van der Waals surface area contributed by atoms with Gasteiger partial charge >= 0.3 is 0 Å². The molecule has 4 aromatic rings. The van der Waals surface area contributed by atoms with Crippen LogP contribution >= 0.6 is 22.9 Å². The number of aromatic nitrogens is 1. The molecule has 0 atom stereocenters. The zero-order valence-electron chi connectivity index (χ0n) is 12.8. The third-order valence-corrected chi connectivity index (χ3v) is 5.19. The highest BCUT2D eigenvalue weighted by atomic mass is 35.5. The van der Waals surface area contributed by atoms with Gasteiger partial charge in [-0.15, -0.1) is 11.3 Å². The van der Waals surface area contributed by atoms with Gasteiger partial charge in [0.1, 0.15) is 10.0 Å². The van der Waals surface area contributed by atoms with Crippen LogP contribution in [0.3, 0.4) is 0 Å². The molecule has 0 radical (unpaired) electrons. The van der Waals surface area contributed by atoms with Gasteiger partial charge in [-0.05, 0) is 29.2 Å². The van der Waals surface area contributed by atoms with E-state index in [4.69, 9.17) is 16.6 Å². The molecule has 25 heavy (non-hydrogen) atoms. The fourth-order valence-electron chi connectivity index (χ4n) is 2.69. The van der Waals surface area contributed by atoms with Crippen LogP contribution in [0.1, 0.15) is 10.6 Å². The summed E-state index contributed by atoms with van der Waals surface area (Å²) in [5.41, 5.74) is 1.59. The van der Waals surface area contributed by atoms with Crippen molar-refractivity contribution in [3.05, 3.63) is 80.3 Å². The van der Waals surface area contributed by atoms with Crippen molar-refractivity contribution in [1.82, 2.24) is 4.98 Å². The maximum absolute atomic E-state index is 11.0. The van der Waals surface area contributed by atoms with Crippen LogP contribution < -0.4 is 0 Å². The Morgan fingerprint density at radius 3 is 2.76 bits per heavy atom. The maximum Gasteiger partial charge on any atom is 0.288 e. The topological polar surface area (TPSA) is 56.0 Å². The van der Waals surface area contributed by atoms with E-state index in [-0.39, 0.29) is 10.7 Å². The maximum atomic E-state index is 11.0. The summed E-state index contributed by atoms with van der Waals surface area (Å²) in [6, 6.07) is 17.0. The summed E-state index contributed by atoms with van der Waals surface area (Å²) in [4.78, 5) is 15.2. The number of nitro benzene ring substituents is 1. The number of benzene rings is 3. The summed E-state index contributed by atoms with van der Waals surface area (Å²) in [5.74, 6) is 0. The van der Waals surface area contributed by atoms with Crippen molar-refractivity contribution in [2.45, 2.75) is 0 Å². The zero-order chi connectivity index (χ0) is 17.4. The van der Waals surface area contributed by atoms with Gasteiger partial charge in [0.05, 0.1) is 15.1 Å². The normalized spacial score (nSPS) is 11.6. The lowest BCUT2D eigenvalue weighted by Gasteiger charge is -1.97. The lowest BCUT2D eigenvalue weighted by atomic mass is 10.1. The van der Waals surface area contributed by atoms with E-state index in [9.17, 15) is 10.1 Å². The highest BCUT2D eigenvalue weighted by molar-refractivity contribution is 7.19. The fraction of sp³-hybridized carbons (Fsp3) is 0. The minimum Gasteiger partial charge on any atom is -0.258 e. The summed E-state index contributed by atoms with van der Waals surface area (Å²) in [7, 11) is 0.